The third kappa shape index (κ3) is 3.02. The van der Waals surface area contributed by atoms with Crippen LogP contribution in [0.3, 0.4) is 0 Å². The molecule has 0 aromatic heterocycles. The Morgan fingerprint density at radius 3 is 2.87 bits per heavy atom. The predicted octanol–water partition coefficient (Wildman–Crippen LogP) is 1.53. The first-order valence-corrected chi connectivity index (χ1v) is 5.28. The van der Waals surface area contributed by atoms with Crippen molar-refractivity contribution in [1.29, 1.82) is 0 Å². The smallest absolute Gasteiger partial charge is 0.102 e. The Kier molecular flexibility index (Phi) is 3.72. The molecule has 1 saturated heterocycles. The van der Waals surface area contributed by atoms with E-state index in [2.05, 4.69) is 0 Å². The number of hydrogen-bond acceptors (Lipinski definition) is 3. The summed E-state index contributed by atoms with van der Waals surface area (Å²) in [4.78, 5) is 0. The zero-order valence-electron chi connectivity index (χ0n) is 8.63. The summed E-state index contributed by atoms with van der Waals surface area (Å²) >= 11 is 0. The van der Waals surface area contributed by atoms with Crippen LogP contribution in [0.2, 0.25) is 0 Å². The van der Waals surface area contributed by atoms with Crippen LogP contribution in [0, 0.1) is 0 Å². The molecule has 82 valence electrons. The van der Waals surface area contributed by atoms with Gasteiger partial charge in [-0.25, -0.2) is 0 Å². The monoisotopic (exact) mass is 208 g/mol. The molecule has 1 heterocycles. The molecule has 0 amide bonds. The van der Waals surface area contributed by atoms with E-state index in [0.717, 1.165) is 18.6 Å². The standard InChI is InChI=1S/C12H16O3/c13-12(10-4-2-1-3-5-10)9-15-11-6-7-14-8-11/h1-5,11-13H,6-9H2. The lowest BCUT2D eigenvalue weighted by Gasteiger charge is -2.14. The Hall–Kier alpha value is -0.900. The van der Waals surface area contributed by atoms with E-state index >= 15 is 0 Å². The number of hydrogen-bond donors (Lipinski definition) is 1. The molecule has 1 aliphatic heterocycles. The van der Waals surface area contributed by atoms with Crippen LogP contribution in [-0.4, -0.2) is 31.0 Å². The van der Waals surface area contributed by atoms with Gasteiger partial charge in [-0.1, -0.05) is 30.3 Å². The maximum absolute atomic E-state index is 9.82. The lowest BCUT2D eigenvalue weighted by atomic mass is 10.1. The highest BCUT2D eigenvalue weighted by molar-refractivity contribution is 5.17. The van der Waals surface area contributed by atoms with Crippen molar-refractivity contribution in [3.63, 3.8) is 0 Å². The summed E-state index contributed by atoms with van der Waals surface area (Å²) in [5, 5.41) is 9.82. The highest BCUT2D eigenvalue weighted by Crippen LogP contribution is 2.15. The van der Waals surface area contributed by atoms with Crippen molar-refractivity contribution >= 4 is 0 Å². The zero-order valence-corrected chi connectivity index (χ0v) is 8.63. The van der Waals surface area contributed by atoms with Gasteiger partial charge in [-0.05, 0) is 12.0 Å². The van der Waals surface area contributed by atoms with Gasteiger partial charge in [0.1, 0.15) is 6.10 Å². The van der Waals surface area contributed by atoms with Gasteiger partial charge in [0.15, 0.2) is 0 Å². The number of rotatable bonds is 4. The Bertz CT molecular complexity index is 280. The molecule has 1 aromatic rings. The first-order chi connectivity index (χ1) is 7.36. The summed E-state index contributed by atoms with van der Waals surface area (Å²) in [6.07, 6.45) is 0.553. The van der Waals surface area contributed by atoms with Crippen molar-refractivity contribution in [3.05, 3.63) is 35.9 Å². The van der Waals surface area contributed by atoms with Gasteiger partial charge in [-0.3, -0.25) is 0 Å². The minimum Gasteiger partial charge on any atom is -0.386 e. The summed E-state index contributed by atoms with van der Waals surface area (Å²) in [7, 11) is 0. The molecule has 1 fully saturated rings. The van der Waals surface area contributed by atoms with Gasteiger partial charge in [0, 0.05) is 6.61 Å². The second-order valence-corrected chi connectivity index (χ2v) is 3.75. The van der Waals surface area contributed by atoms with Crippen LogP contribution in [0.25, 0.3) is 0 Å². The van der Waals surface area contributed by atoms with Crippen LogP contribution >= 0.6 is 0 Å². The molecule has 0 aliphatic carbocycles. The average Bonchev–Trinajstić information content (AvgIpc) is 2.80. The van der Waals surface area contributed by atoms with E-state index in [1.165, 1.54) is 0 Å². The molecule has 0 radical (unpaired) electrons. The van der Waals surface area contributed by atoms with Gasteiger partial charge in [-0.15, -0.1) is 0 Å². The minimum atomic E-state index is -0.535. The molecule has 1 aromatic carbocycles. The fourth-order valence-electron chi connectivity index (χ4n) is 1.64. The van der Waals surface area contributed by atoms with Crippen LogP contribution in [0.1, 0.15) is 18.1 Å². The summed E-state index contributed by atoms with van der Waals surface area (Å²) in [6.45, 7) is 1.77. The molecule has 15 heavy (non-hydrogen) atoms. The molecule has 2 atom stereocenters. The average molecular weight is 208 g/mol. The lowest BCUT2D eigenvalue weighted by Crippen LogP contribution is -2.17. The summed E-state index contributed by atoms with van der Waals surface area (Å²) in [6, 6.07) is 9.56. The topological polar surface area (TPSA) is 38.7 Å². The molecule has 2 rings (SSSR count). The lowest BCUT2D eigenvalue weighted by molar-refractivity contribution is -0.0131. The molecule has 3 nitrogen and oxygen atoms in total. The van der Waals surface area contributed by atoms with Gasteiger partial charge in [-0.2, -0.15) is 0 Å². The first kappa shape index (κ1) is 10.6. The molecule has 3 heteroatoms. The molecule has 0 bridgehead atoms. The summed E-state index contributed by atoms with van der Waals surface area (Å²) in [5.74, 6) is 0. The van der Waals surface area contributed by atoms with E-state index in [1.54, 1.807) is 0 Å². The number of benzene rings is 1. The van der Waals surface area contributed by atoms with E-state index in [4.69, 9.17) is 9.47 Å². The number of ether oxygens (including phenoxy) is 2. The van der Waals surface area contributed by atoms with Crippen LogP contribution < -0.4 is 0 Å². The first-order valence-electron chi connectivity index (χ1n) is 5.28. The van der Waals surface area contributed by atoms with E-state index in [9.17, 15) is 5.11 Å². The fraction of sp³-hybridized carbons (Fsp3) is 0.500. The van der Waals surface area contributed by atoms with Gasteiger partial charge < -0.3 is 14.6 Å². The van der Waals surface area contributed by atoms with Crippen LogP contribution in [0.5, 0.6) is 0 Å². The fourth-order valence-corrected chi connectivity index (χ4v) is 1.64. The quantitative estimate of drug-likeness (QED) is 0.815. The van der Waals surface area contributed by atoms with E-state index in [-0.39, 0.29) is 6.10 Å². The Balaban J connectivity index is 1.79. The van der Waals surface area contributed by atoms with Crippen LogP contribution in [0.15, 0.2) is 30.3 Å². The van der Waals surface area contributed by atoms with Crippen molar-refractivity contribution in [2.24, 2.45) is 0 Å². The van der Waals surface area contributed by atoms with Gasteiger partial charge in [0.25, 0.3) is 0 Å². The van der Waals surface area contributed by atoms with E-state index < -0.39 is 6.10 Å². The number of aliphatic hydroxyl groups is 1. The third-order valence-corrected chi connectivity index (χ3v) is 2.56. The SMILES string of the molecule is OC(COC1CCOC1)c1ccccc1. The molecule has 0 spiro atoms. The molecule has 1 aliphatic rings. The Morgan fingerprint density at radius 1 is 1.40 bits per heavy atom. The van der Waals surface area contributed by atoms with Crippen molar-refractivity contribution in [1.82, 2.24) is 0 Å². The maximum atomic E-state index is 9.82. The highest BCUT2D eigenvalue weighted by Gasteiger charge is 2.17. The summed E-state index contributed by atoms with van der Waals surface area (Å²) in [5.41, 5.74) is 0.899. The van der Waals surface area contributed by atoms with Crippen molar-refractivity contribution in [3.8, 4) is 0 Å². The van der Waals surface area contributed by atoms with Gasteiger partial charge in [0.05, 0.1) is 19.3 Å². The van der Waals surface area contributed by atoms with Gasteiger partial charge in [0.2, 0.25) is 0 Å². The van der Waals surface area contributed by atoms with Crippen LogP contribution in [0.4, 0.5) is 0 Å². The highest BCUT2D eigenvalue weighted by atomic mass is 16.5. The molecule has 0 saturated carbocycles. The van der Waals surface area contributed by atoms with Crippen molar-refractivity contribution < 1.29 is 14.6 Å². The third-order valence-electron chi connectivity index (χ3n) is 2.56. The van der Waals surface area contributed by atoms with E-state index in [1.807, 2.05) is 30.3 Å². The van der Waals surface area contributed by atoms with Crippen LogP contribution in [-0.2, 0) is 9.47 Å². The minimum absolute atomic E-state index is 0.156. The van der Waals surface area contributed by atoms with E-state index in [0.29, 0.717) is 13.2 Å². The van der Waals surface area contributed by atoms with Crippen molar-refractivity contribution in [2.45, 2.75) is 18.6 Å². The molecule has 2 unspecified atom stereocenters. The second kappa shape index (κ2) is 5.26. The Labute approximate surface area is 89.6 Å². The molecular formula is C12H16O3. The Morgan fingerprint density at radius 2 is 2.20 bits per heavy atom. The van der Waals surface area contributed by atoms with Crippen molar-refractivity contribution in [2.75, 3.05) is 19.8 Å². The largest absolute Gasteiger partial charge is 0.386 e. The van der Waals surface area contributed by atoms with Gasteiger partial charge >= 0.3 is 0 Å². The summed E-state index contributed by atoms with van der Waals surface area (Å²) < 4.78 is 10.7. The zero-order chi connectivity index (χ0) is 10.5. The molecular weight excluding hydrogens is 192 g/mol. The number of aliphatic hydroxyl groups excluding tert-OH is 1. The predicted molar refractivity (Wildman–Crippen MR) is 56.6 cm³/mol. The normalized spacial score (nSPS) is 22.9. The second-order valence-electron chi connectivity index (χ2n) is 3.75. The molecule has 1 N–H and O–H groups in total. The maximum Gasteiger partial charge on any atom is 0.102 e.